The molecule has 0 bridgehead atoms. The molecule has 0 spiro atoms. The number of methoxy groups -OCH3 is 1. The Hall–Kier alpha value is -3.52. The van der Waals surface area contributed by atoms with Crippen LogP contribution in [-0.2, 0) is 14.3 Å². The topological polar surface area (TPSA) is 100 Å². The molecular weight excluding hydrogens is 386 g/mol. The molecule has 1 fully saturated rings. The van der Waals surface area contributed by atoms with Crippen molar-refractivity contribution in [1.82, 2.24) is 14.8 Å². The van der Waals surface area contributed by atoms with E-state index in [1.165, 1.54) is 24.4 Å². The minimum absolute atomic E-state index is 0.00998. The second kappa shape index (κ2) is 8.87. The summed E-state index contributed by atoms with van der Waals surface area (Å²) in [7, 11) is 5.03. The molecule has 30 heavy (non-hydrogen) atoms. The number of nitrogens with zero attached hydrogens (tertiary/aromatic N) is 3. The molecule has 8 nitrogen and oxygen atoms in total. The lowest BCUT2D eigenvalue weighted by molar-refractivity contribution is -0.140. The molecule has 1 aromatic heterocycles. The minimum atomic E-state index is -0.773. The van der Waals surface area contributed by atoms with E-state index in [4.69, 9.17) is 4.74 Å². The number of aliphatic hydroxyl groups excluding tert-OH is 1. The molecule has 2 heterocycles. The molecule has 1 N–H and O–H groups in total. The summed E-state index contributed by atoms with van der Waals surface area (Å²) in [6, 6.07) is 8.82. The Bertz CT molecular complexity index is 984. The van der Waals surface area contributed by atoms with E-state index in [0.29, 0.717) is 29.8 Å². The predicted octanol–water partition coefficient (Wildman–Crippen LogP) is 1.85. The molecule has 1 saturated heterocycles. The van der Waals surface area contributed by atoms with E-state index in [1.54, 1.807) is 36.4 Å². The fraction of sp³-hybridized carbons (Fsp3) is 0.273. The molecule has 1 aliphatic rings. The van der Waals surface area contributed by atoms with Crippen molar-refractivity contribution < 1.29 is 24.2 Å². The van der Waals surface area contributed by atoms with Gasteiger partial charge in [0.1, 0.15) is 5.76 Å². The summed E-state index contributed by atoms with van der Waals surface area (Å²) < 4.78 is 4.72. The third-order valence-electron chi connectivity index (χ3n) is 4.93. The summed E-state index contributed by atoms with van der Waals surface area (Å²) in [4.78, 5) is 44.7. The molecule has 1 aliphatic heterocycles. The van der Waals surface area contributed by atoms with Gasteiger partial charge in [-0.25, -0.2) is 4.79 Å². The van der Waals surface area contributed by atoms with Crippen LogP contribution in [0.5, 0.6) is 0 Å². The second-order valence-electron chi connectivity index (χ2n) is 7.15. The molecule has 1 unspecified atom stereocenters. The fourth-order valence-electron chi connectivity index (χ4n) is 3.35. The van der Waals surface area contributed by atoms with Crippen LogP contribution in [0, 0.1) is 0 Å². The molecule has 0 saturated carbocycles. The summed E-state index contributed by atoms with van der Waals surface area (Å²) in [5, 5.41) is 10.9. The highest BCUT2D eigenvalue weighted by molar-refractivity contribution is 6.46. The lowest BCUT2D eigenvalue weighted by Gasteiger charge is -2.26. The molecule has 8 heteroatoms. The van der Waals surface area contributed by atoms with Gasteiger partial charge < -0.3 is 19.6 Å². The number of rotatable bonds is 6. The number of likely N-dealkylation sites (tertiary alicyclic amines) is 1. The van der Waals surface area contributed by atoms with Crippen molar-refractivity contribution in [2.75, 3.05) is 34.3 Å². The zero-order valence-corrected chi connectivity index (χ0v) is 17.0. The highest BCUT2D eigenvalue weighted by atomic mass is 16.5. The molecule has 1 amide bonds. The van der Waals surface area contributed by atoms with Crippen LogP contribution in [0.15, 0.2) is 54.4 Å². The number of hydrogen-bond acceptors (Lipinski definition) is 7. The number of carbonyl (C=O) groups is 3. The van der Waals surface area contributed by atoms with Crippen molar-refractivity contribution in [3.63, 3.8) is 0 Å². The Morgan fingerprint density at radius 1 is 1.10 bits per heavy atom. The highest BCUT2D eigenvalue weighted by Gasteiger charge is 2.45. The average molecular weight is 409 g/mol. The van der Waals surface area contributed by atoms with Crippen molar-refractivity contribution in [1.29, 1.82) is 0 Å². The van der Waals surface area contributed by atoms with E-state index in [2.05, 4.69) is 4.98 Å². The first-order chi connectivity index (χ1) is 14.3. The lowest BCUT2D eigenvalue weighted by atomic mass is 9.95. The largest absolute Gasteiger partial charge is 0.507 e. The van der Waals surface area contributed by atoms with Crippen molar-refractivity contribution in [2.24, 2.45) is 0 Å². The van der Waals surface area contributed by atoms with Crippen LogP contribution in [0.1, 0.15) is 27.5 Å². The van der Waals surface area contributed by atoms with Crippen LogP contribution < -0.4 is 0 Å². The second-order valence-corrected chi connectivity index (χ2v) is 7.15. The number of aromatic nitrogens is 1. The maximum absolute atomic E-state index is 12.9. The standard InChI is InChI=1S/C22H23N3O5/c1-24(2)12-13-25-18(14-4-6-16(7-5-14)22(29)30-3)17(20(27)21(25)28)19(26)15-8-10-23-11-9-15/h4-11,18,26H,12-13H2,1-3H3. The number of benzene rings is 1. The molecule has 2 aromatic rings. The SMILES string of the molecule is COC(=O)c1ccc(C2C(=C(O)c3ccncc3)C(=O)C(=O)N2CCN(C)C)cc1. The van der Waals surface area contributed by atoms with Gasteiger partial charge in [-0.15, -0.1) is 0 Å². The maximum atomic E-state index is 12.9. The molecule has 156 valence electrons. The Morgan fingerprint density at radius 2 is 1.73 bits per heavy atom. The average Bonchev–Trinajstić information content (AvgIpc) is 3.02. The van der Waals surface area contributed by atoms with Crippen molar-refractivity contribution >= 4 is 23.4 Å². The third kappa shape index (κ3) is 4.08. The van der Waals surface area contributed by atoms with Gasteiger partial charge in [-0.3, -0.25) is 14.6 Å². The first-order valence-electron chi connectivity index (χ1n) is 9.37. The van der Waals surface area contributed by atoms with E-state index < -0.39 is 23.7 Å². The number of hydrogen-bond donors (Lipinski definition) is 1. The van der Waals surface area contributed by atoms with E-state index in [1.807, 2.05) is 19.0 Å². The smallest absolute Gasteiger partial charge is 0.337 e. The number of carbonyl (C=O) groups excluding carboxylic acids is 3. The van der Waals surface area contributed by atoms with Crippen LogP contribution in [0.4, 0.5) is 0 Å². The Morgan fingerprint density at radius 3 is 2.30 bits per heavy atom. The van der Waals surface area contributed by atoms with Crippen LogP contribution in [0.3, 0.4) is 0 Å². The van der Waals surface area contributed by atoms with E-state index >= 15 is 0 Å². The van der Waals surface area contributed by atoms with Gasteiger partial charge in [-0.05, 0) is 43.9 Å². The van der Waals surface area contributed by atoms with Crippen molar-refractivity contribution in [3.8, 4) is 0 Å². The van der Waals surface area contributed by atoms with Gasteiger partial charge in [-0.2, -0.15) is 0 Å². The monoisotopic (exact) mass is 409 g/mol. The number of likely N-dealkylation sites (N-methyl/N-ethyl adjacent to an activating group) is 1. The number of aliphatic hydroxyl groups is 1. The number of amides is 1. The lowest BCUT2D eigenvalue weighted by Crippen LogP contribution is -2.35. The summed E-state index contributed by atoms with van der Waals surface area (Å²) in [6.45, 7) is 0.840. The molecule has 1 aromatic carbocycles. The quantitative estimate of drug-likeness (QED) is 0.336. The number of pyridine rings is 1. The van der Waals surface area contributed by atoms with E-state index in [0.717, 1.165) is 0 Å². The van der Waals surface area contributed by atoms with Crippen molar-refractivity contribution in [2.45, 2.75) is 6.04 Å². The molecule has 3 rings (SSSR count). The zero-order chi connectivity index (χ0) is 21.8. The van der Waals surface area contributed by atoms with Crippen LogP contribution in [-0.4, -0.2) is 71.8 Å². The van der Waals surface area contributed by atoms with Crippen molar-refractivity contribution in [3.05, 3.63) is 71.1 Å². The van der Waals surface area contributed by atoms with Gasteiger partial charge >= 0.3 is 5.97 Å². The first-order valence-corrected chi connectivity index (χ1v) is 9.37. The number of esters is 1. The molecule has 1 atom stereocenters. The minimum Gasteiger partial charge on any atom is -0.507 e. The summed E-state index contributed by atoms with van der Waals surface area (Å²) >= 11 is 0. The highest BCUT2D eigenvalue weighted by Crippen LogP contribution is 2.39. The van der Waals surface area contributed by atoms with Crippen LogP contribution in [0.2, 0.25) is 0 Å². The molecule has 0 radical (unpaired) electrons. The Labute approximate surface area is 174 Å². The summed E-state index contributed by atoms with van der Waals surface area (Å²) in [5.41, 5.74) is 1.36. The summed E-state index contributed by atoms with van der Waals surface area (Å²) in [5.74, 6) is -2.16. The molecule has 0 aliphatic carbocycles. The fourth-order valence-corrected chi connectivity index (χ4v) is 3.35. The van der Waals surface area contributed by atoms with Crippen LogP contribution in [0.25, 0.3) is 5.76 Å². The van der Waals surface area contributed by atoms with Gasteiger partial charge in [0.25, 0.3) is 11.7 Å². The van der Waals surface area contributed by atoms with Gasteiger partial charge in [0.05, 0.1) is 24.3 Å². The van der Waals surface area contributed by atoms with Crippen LogP contribution >= 0.6 is 0 Å². The normalized spacial score (nSPS) is 18.1. The van der Waals surface area contributed by atoms with Gasteiger partial charge in [-0.1, -0.05) is 12.1 Å². The number of Topliss-reactive ketones (excluding diaryl/α,β-unsaturated/α-hetero) is 1. The van der Waals surface area contributed by atoms with Gasteiger partial charge in [0.15, 0.2) is 0 Å². The predicted molar refractivity (Wildman–Crippen MR) is 110 cm³/mol. The van der Waals surface area contributed by atoms with E-state index in [9.17, 15) is 19.5 Å². The van der Waals surface area contributed by atoms with E-state index in [-0.39, 0.29) is 11.3 Å². The number of ether oxygens (including phenoxy) is 1. The zero-order valence-electron chi connectivity index (χ0n) is 17.0. The Balaban J connectivity index is 2.11. The van der Waals surface area contributed by atoms with Gasteiger partial charge in [0.2, 0.25) is 0 Å². The summed E-state index contributed by atoms with van der Waals surface area (Å²) in [6.07, 6.45) is 2.99. The molecular formula is C22H23N3O5. The third-order valence-corrected chi connectivity index (χ3v) is 4.93. The Kier molecular flexibility index (Phi) is 6.27. The maximum Gasteiger partial charge on any atom is 0.337 e. The first kappa shape index (κ1) is 21.2. The number of ketones is 1. The van der Waals surface area contributed by atoms with Gasteiger partial charge in [0, 0.05) is 31.0 Å².